The lowest BCUT2D eigenvalue weighted by Crippen LogP contribution is -2.00. The lowest BCUT2D eigenvalue weighted by Gasteiger charge is -1.97. The van der Waals surface area contributed by atoms with Gasteiger partial charge in [0, 0.05) is 26.0 Å². The molecule has 0 bridgehead atoms. The van der Waals surface area contributed by atoms with Crippen molar-refractivity contribution in [2.75, 3.05) is 5.73 Å². The Kier molecular flexibility index (Phi) is 2.22. The highest BCUT2D eigenvalue weighted by Crippen LogP contribution is 2.02. The Hall–Kier alpha value is -1.78. The molecular weight excluding hydrogens is 178 g/mol. The summed E-state index contributed by atoms with van der Waals surface area (Å²) in [7, 11) is 1.91. The fourth-order valence-electron chi connectivity index (χ4n) is 1.35. The van der Waals surface area contributed by atoms with Crippen LogP contribution in [-0.2, 0) is 20.0 Å². The number of nitrogens with zero attached hydrogens (tertiary/aromatic N) is 4. The summed E-state index contributed by atoms with van der Waals surface area (Å²) >= 11 is 0. The number of aromatic nitrogens is 4. The molecule has 5 heteroatoms. The molecule has 0 atom stereocenters. The van der Waals surface area contributed by atoms with Crippen LogP contribution in [0.2, 0.25) is 0 Å². The Morgan fingerprint density at radius 3 is 2.71 bits per heavy atom. The van der Waals surface area contributed by atoms with Crippen molar-refractivity contribution in [3.8, 4) is 0 Å². The maximum Gasteiger partial charge on any atom is 0.0719 e. The van der Waals surface area contributed by atoms with Crippen LogP contribution in [0, 0.1) is 0 Å². The van der Waals surface area contributed by atoms with Gasteiger partial charge < -0.3 is 5.73 Å². The average Bonchev–Trinajstić information content (AvgIpc) is 2.72. The zero-order chi connectivity index (χ0) is 9.97. The maximum absolute atomic E-state index is 5.55. The first-order valence-corrected chi connectivity index (χ1v) is 4.49. The Bertz CT molecular complexity index is 374. The van der Waals surface area contributed by atoms with Crippen molar-refractivity contribution >= 4 is 5.69 Å². The van der Waals surface area contributed by atoms with E-state index in [1.165, 1.54) is 5.56 Å². The molecule has 0 radical (unpaired) electrons. The molecule has 0 unspecified atom stereocenters. The summed E-state index contributed by atoms with van der Waals surface area (Å²) in [5.74, 6) is 0. The fourth-order valence-corrected chi connectivity index (χ4v) is 1.35. The second kappa shape index (κ2) is 3.53. The summed E-state index contributed by atoms with van der Waals surface area (Å²) in [6, 6.07) is 0. The van der Waals surface area contributed by atoms with E-state index in [1.807, 2.05) is 30.3 Å². The van der Waals surface area contributed by atoms with E-state index in [0.29, 0.717) is 5.69 Å². The zero-order valence-electron chi connectivity index (χ0n) is 8.09. The van der Waals surface area contributed by atoms with Crippen LogP contribution in [0.5, 0.6) is 0 Å². The van der Waals surface area contributed by atoms with E-state index in [1.54, 1.807) is 10.9 Å². The Morgan fingerprint density at radius 1 is 1.29 bits per heavy atom. The molecule has 2 aromatic heterocycles. The van der Waals surface area contributed by atoms with Crippen molar-refractivity contribution in [3.05, 3.63) is 30.4 Å². The molecule has 0 aliphatic carbocycles. The van der Waals surface area contributed by atoms with Crippen molar-refractivity contribution in [3.63, 3.8) is 0 Å². The molecular formula is C9H13N5. The van der Waals surface area contributed by atoms with Gasteiger partial charge in [0.15, 0.2) is 0 Å². The van der Waals surface area contributed by atoms with Crippen LogP contribution in [-0.4, -0.2) is 19.6 Å². The summed E-state index contributed by atoms with van der Waals surface area (Å²) in [6.45, 7) is 0.836. The first kappa shape index (κ1) is 8.80. The fraction of sp³-hybridized carbons (Fsp3) is 0.333. The Labute approximate surface area is 82.1 Å². The van der Waals surface area contributed by atoms with Crippen LogP contribution in [0.4, 0.5) is 5.69 Å². The topological polar surface area (TPSA) is 61.7 Å². The molecule has 0 spiro atoms. The number of nitrogens with two attached hydrogens (primary N) is 1. The van der Waals surface area contributed by atoms with E-state index in [0.717, 1.165) is 13.0 Å². The third-order valence-electron chi connectivity index (χ3n) is 2.04. The molecule has 0 aliphatic heterocycles. The first-order valence-electron chi connectivity index (χ1n) is 4.49. The number of anilines is 1. The molecule has 0 aromatic carbocycles. The molecule has 0 amide bonds. The number of hydrogen-bond donors (Lipinski definition) is 1. The van der Waals surface area contributed by atoms with Crippen LogP contribution in [0.15, 0.2) is 24.8 Å². The molecule has 0 fully saturated rings. The van der Waals surface area contributed by atoms with Gasteiger partial charge in [-0.25, -0.2) is 0 Å². The van der Waals surface area contributed by atoms with Crippen molar-refractivity contribution in [1.82, 2.24) is 19.6 Å². The molecule has 2 rings (SSSR count). The van der Waals surface area contributed by atoms with Crippen molar-refractivity contribution in [1.29, 1.82) is 0 Å². The van der Waals surface area contributed by atoms with Crippen LogP contribution in [0.3, 0.4) is 0 Å². The van der Waals surface area contributed by atoms with Gasteiger partial charge in [-0.2, -0.15) is 10.2 Å². The lowest BCUT2D eigenvalue weighted by atomic mass is 10.2. The van der Waals surface area contributed by atoms with Crippen molar-refractivity contribution in [2.45, 2.75) is 13.0 Å². The smallest absolute Gasteiger partial charge is 0.0719 e. The molecule has 74 valence electrons. The minimum absolute atomic E-state index is 0.705. The van der Waals surface area contributed by atoms with Crippen LogP contribution < -0.4 is 5.73 Å². The van der Waals surface area contributed by atoms with Gasteiger partial charge in [-0.05, 0) is 12.0 Å². The van der Waals surface area contributed by atoms with Gasteiger partial charge in [0.05, 0.1) is 18.1 Å². The summed E-state index contributed by atoms with van der Waals surface area (Å²) in [6.07, 6.45) is 8.29. The van der Waals surface area contributed by atoms with Crippen LogP contribution >= 0.6 is 0 Å². The normalized spacial score (nSPS) is 10.6. The van der Waals surface area contributed by atoms with Crippen LogP contribution in [0.1, 0.15) is 5.56 Å². The van der Waals surface area contributed by atoms with Crippen LogP contribution in [0.25, 0.3) is 0 Å². The van der Waals surface area contributed by atoms with Gasteiger partial charge in [-0.3, -0.25) is 9.36 Å². The number of nitrogen functional groups attached to an aromatic ring is 1. The third-order valence-corrected chi connectivity index (χ3v) is 2.04. The predicted molar refractivity (Wildman–Crippen MR) is 53.6 cm³/mol. The van der Waals surface area contributed by atoms with Crippen molar-refractivity contribution in [2.24, 2.45) is 7.05 Å². The summed E-state index contributed by atoms with van der Waals surface area (Å²) in [5.41, 5.74) is 7.47. The summed E-state index contributed by atoms with van der Waals surface area (Å²) in [4.78, 5) is 0. The van der Waals surface area contributed by atoms with Gasteiger partial charge in [-0.15, -0.1) is 0 Å². The Morgan fingerprint density at radius 2 is 2.14 bits per heavy atom. The molecule has 2 aromatic rings. The van der Waals surface area contributed by atoms with E-state index in [-0.39, 0.29) is 0 Å². The molecule has 0 saturated heterocycles. The second-order valence-corrected chi connectivity index (χ2v) is 3.31. The monoisotopic (exact) mass is 191 g/mol. The van der Waals surface area contributed by atoms with E-state index in [4.69, 9.17) is 5.73 Å². The van der Waals surface area contributed by atoms with Gasteiger partial charge >= 0.3 is 0 Å². The zero-order valence-corrected chi connectivity index (χ0v) is 8.09. The highest BCUT2D eigenvalue weighted by molar-refractivity contribution is 5.30. The summed E-state index contributed by atoms with van der Waals surface area (Å²) < 4.78 is 3.63. The molecule has 0 aliphatic rings. The molecule has 2 N–H and O–H groups in total. The number of aryl methyl sites for hydroxylation is 3. The van der Waals surface area contributed by atoms with Gasteiger partial charge in [-0.1, -0.05) is 0 Å². The highest BCUT2D eigenvalue weighted by atomic mass is 15.3. The minimum Gasteiger partial charge on any atom is -0.396 e. The molecule has 14 heavy (non-hydrogen) atoms. The average molecular weight is 191 g/mol. The highest BCUT2D eigenvalue weighted by Gasteiger charge is 1.98. The van der Waals surface area contributed by atoms with Gasteiger partial charge in [0.1, 0.15) is 0 Å². The largest absolute Gasteiger partial charge is 0.396 e. The molecule has 0 saturated carbocycles. The SMILES string of the molecule is Cn1cc(CCn2cc(N)cn2)cn1. The summed E-state index contributed by atoms with van der Waals surface area (Å²) in [5, 5.41) is 8.20. The second-order valence-electron chi connectivity index (χ2n) is 3.31. The van der Waals surface area contributed by atoms with Crippen molar-refractivity contribution < 1.29 is 0 Å². The molecule has 5 nitrogen and oxygen atoms in total. The quantitative estimate of drug-likeness (QED) is 0.765. The van der Waals surface area contributed by atoms with E-state index in [2.05, 4.69) is 10.2 Å². The minimum atomic E-state index is 0.705. The first-order chi connectivity index (χ1) is 6.74. The predicted octanol–water partition coefficient (Wildman–Crippen LogP) is 0.441. The van der Waals surface area contributed by atoms with E-state index < -0.39 is 0 Å². The Balaban J connectivity index is 1.94. The maximum atomic E-state index is 5.55. The number of hydrogen-bond acceptors (Lipinski definition) is 3. The van der Waals surface area contributed by atoms with Gasteiger partial charge in [0.25, 0.3) is 0 Å². The van der Waals surface area contributed by atoms with E-state index >= 15 is 0 Å². The number of rotatable bonds is 3. The standard InChI is InChI=1S/C9H13N5/c1-13-6-8(4-11-13)2-3-14-7-9(10)5-12-14/h4-7H,2-3,10H2,1H3. The van der Waals surface area contributed by atoms with Gasteiger partial charge in [0.2, 0.25) is 0 Å². The van der Waals surface area contributed by atoms with E-state index in [9.17, 15) is 0 Å². The third kappa shape index (κ3) is 1.93. The lowest BCUT2D eigenvalue weighted by molar-refractivity contribution is 0.614. The molecule has 2 heterocycles.